The number of aryl methyl sites for hydroxylation is 1. The van der Waals surface area contributed by atoms with Crippen LogP contribution in [-0.4, -0.2) is 44.4 Å². The van der Waals surface area contributed by atoms with Gasteiger partial charge >= 0.3 is 0 Å². The summed E-state index contributed by atoms with van der Waals surface area (Å²) in [4.78, 5) is 20.9. The van der Waals surface area contributed by atoms with Gasteiger partial charge in [-0.3, -0.25) is 14.8 Å². The first-order valence-electron chi connectivity index (χ1n) is 6.56. The minimum absolute atomic E-state index is 0.0564. The van der Waals surface area contributed by atoms with Crippen LogP contribution in [0.2, 0.25) is 0 Å². The second-order valence-corrected chi connectivity index (χ2v) is 5.64. The number of ether oxygens (including phenoxy) is 1. The molecule has 0 radical (unpaired) electrons. The molecule has 1 fully saturated rings. The molecule has 1 unspecified atom stereocenters. The standard InChI is InChI=1S/C12H13BrN6O3/c1-17-12(15-7-16-17)10-6-22-3-2-18(10)11-9(13)4-8(5-14-11)19(20)21/h4-5,7,10H,2-3,6H2,1H3. The van der Waals surface area contributed by atoms with E-state index in [0.29, 0.717) is 30.0 Å². The molecule has 0 amide bonds. The Hall–Kier alpha value is -2.07. The number of anilines is 1. The summed E-state index contributed by atoms with van der Waals surface area (Å²) in [5, 5.41) is 14.9. The highest BCUT2D eigenvalue weighted by Crippen LogP contribution is 2.33. The largest absolute Gasteiger partial charge is 0.377 e. The third-order valence-corrected chi connectivity index (χ3v) is 4.05. The van der Waals surface area contributed by atoms with E-state index in [2.05, 4.69) is 31.0 Å². The van der Waals surface area contributed by atoms with E-state index in [1.165, 1.54) is 18.6 Å². The maximum Gasteiger partial charge on any atom is 0.288 e. The van der Waals surface area contributed by atoms with E-state index in [1.54, 1.807) is 4.68 Å². The van der Waals surface area contributed by atoms with Gasteiger partial charge in [0.15, 0.2) is 5.82 Å². The molecule has 0 aliphatic carbocycles. The lowest BCUT2D eigenvalue weighted by Crippen LogP contribution is -2.41. The van der Waals surface area contributed by atoms with Crippen LogP contribution in [0, 0.1) is 10.1 Å². The Morgan fingerprint density at radius 3 is 2.95 bits per heavy atom. The van der Waals surface area contributed by atoms with Gasteiger partial charge in [-0.15, -0.1) is 0 Å². The molecule has 0 bridgehead atoms. The van der Waals surface area contributed by atoms with E-state index < -0.39 is 4.92 Å². The molecule has 0 N–H and O–H groups in total. The first kappa shape index (κ1) is 14.9. The van der Waals surface area contributed by atoms with E-state index in [4.69, 9.17) is 4.74 Å². The number of rotatable bonds is 3. The molecule has 1 aliphatic rings. The molecule has 10 heteroatoms. The van der Waals surface area contributed by atoms with Crippen molar-refractivity contribution in [2.45, 2.75) is 6.04 Å². The average molecular weight is 369 g/mol. The number of halogens is 1. The van der Waals surface area contributed by atoms with E-state index in [0.717, 1.165) is 5.82 Å². The number of hydrogen-bond acceptors (Lipinski definition) is 7. The summed E-state index contributed by atoms with van der Waals surface area (Å²) in [7, 11) is 1.81. The fourth-order valence-electron chi connectivity index (χ4n) is 2.41. The first-order valence-corrected chi connectivity index (χ1v) is 7.35. The highest BCUT2D eigenvalue weighted by molar-refractivity contribution is 9.10. The van der Waals surface area contributed by atoms with Crippen LogP contribution in [0.25, 0.3) is 0 Å². The maximum absolute atomic E-state index is 10.8. The quantitative estimate of drug-likeness (QED) is 0.597. The number of pyridine rings is 1. The summed E-state index contributed by atoms with van der Waals surface area (Å²) in [6.07, 6.45) is 2.74. The van der Waals surface area contributed by atoms with Crippen molar-refractivity contribution in [2.24, 2.45) is 7.05 Å². The minimum atomic E-state index is -0.471. The zero-order valence-corrected chi connectivity index (χ0v) is 13.3. The Labute approximate surface area is 134 Å². The minimum Gasteiger partial charge on any atom is -0.377 e. The molecule has 2 aromatic heterocycles. The van der Waals surface area contributed by atoms with Crippen molar-refractivity contribution in [1.82, 2.24) is 19.7 Å². The van der Waals surface area contributed by atoms with Gasteiger partial charge in [-0.2, -0.15) is 5.10 Å². The molecule has 1 saturated heterocycles. The van der Waals surface area contributed by atoms with Crippen molar-refractivity contribution in [2.75, 3.05) is 24.7 Å². The topological polar surface area (TPSA) is 99.2 Å². The predicted octanol–water partition coefficient (Wildman–Crippen LogP) is 1.46. The average Bonchev–Trinajstić information content (AvgIpc) is 2.93. The van der Waals surface area contributed by atoms with Gasteiger partial charge < -0.3 is 9.64 Å². The molecule has 0 aromatic carbocycles. The van der Waals surface area contributed by atoms with Gasteiger partial charge in [-0.05, 0) is 15.9 Å². The number of nitro groups is 1. The lowest BCUT2D eigenvalue weighted by molar-refractivity contribution is -0.385. The molecular weight excluding hydrogens is 356 g/mol. The number of nitrogens with zero attached hydrogens (tertiary/aromatic N) is 6. The normalized spacial score (nSPS) is 18.5. The van der Waals surface area contributed by atoms with Crippen LogP contribution in [0.5, 0.6) is 0 Å². The van der Waals surface area contributed by atoms with E-state index in [9.17, 15) is 10.1 Å². The van der Waals surface area contributed by atoms with Crippen LogP contribution in [0.15, 0.2) is 23.1 Å². The molecular formula is C12H13BrN6O3. The van der Waals surface area contributed by atoms with Crippen molar-refractivity contribution in [3.05, 3.63) is 39.0 Å². The van der Waals surface area contributed by atoms with E-state index in [-0.39, 0.29) is 11.7 Å². The summed E-state index contributed by atoms with van der Waals surface area (Å²) in [5.74, 6) is 1.38. The maximum atomic E-state index is 10.8. The zero-order valence-electron chi connectivity index (χ0n) is 11.7. The van der Waals surface area contributed by atoms with Gasteiger partial charge in [0.2, 0.25) is 0 Å². The second kappa shape index (κ2) is 5.97. The Kier molecular flexibility index (Phi) is 4.03. The highest BCUT2D eigenvalue weighted by Gasteiger charge is 2.30. The SMILES string of the molecule is Cn1ncnc1C1COCCN1c1ncc([N+](=O)[O-])cc1Br. The van der Waals surface area contributed by atoms with Crippen molar-refractivity contribution in [3.8, 4) is 0 Å². The van der Waals surface area contributed by atoms with Crippen molar-refractivity contribution < 1.29 is 9.66 Å². The summed E-state index contributed by atoms with van der Waals surface area (Å²) in [6.45, 7) is 1.62. The fourth-order valence-corrected chi connectivity index (χ4v) is 2.97. The number of morpholine rings is 1. The van der Waals surface area contributed by atoms with Gasteiger partial charge in [0.05, 0.1) is 22.6 Å². The summed E-state index contributed by atoms with van der Waals surface area (Å²) < 4.78 is 7.79. The number of aromatic nitrogens is 4. The van der Waals surface area contributed by atoms with Crippen molar-refractivity contribution in [3.63, 3.8) is 0 Å². The lowest BCUT2D eigenvalue weighted by atomic mass is 10.2. The molecule has 2 aromatic rings. The molecule has 1 aliphatic heterocycles. The van der Waals surface area contributed by atoms with E-state index >= 15 is 0 Å². The summed E-state index contributed by atoms with van der Waals surface area (Å²) >= 11 is 3.37. The van der Waals surface area contributed by atoms with Crippen LogP contribution in [-0.2, 0) is 11.8 Å². The molecule has 3 rings (SSSR count). The van der Waals surface area contributed by atoms with E-state index in [1.807, 2.05) is 11.9 Å². The number of hydrogen-bond donors (Lipinski definition) is 0. The molecule has 0 saturated carbocycles. The van der Waals surface area contributed by atoms with Crippen LogP contribution in [0.4, 0.5) is 11.5 Å². The van der Waals surface area contributed by atoms with Gasteiger partial charge in [0, 0.05) is 19.7 Å². The monoisotopic (exact) mass is 368 g/mol. The van der Waals surface area contributed by atoms with Crippen LogP contribution >= 0.6 is 15.9 Å². The third-order valence-electron chi connectivity index (χ3n) is 3.46. The zero-order chi connectivity index (χ0) is 15.7. The highest BCUT2D eigenvalue weighted by atomic mass is 79.9. The molecule has 116 valence electrons. The predicted molar refractivity (Wildman–Crippen MR) is 80.5 cm³/mol. The van der Waals surface area contributed by atoms with Crippen LogP contribution < -0.4 is 4.90 Å². The first-order chi connectivity index (χ1) is 10.6. The molecule has 9 nitrogen and oxygen atoms in total. The van der Waals surface area contributed by atoms with Gasteiger partial charge in [0.25, 0.3) is 5.69 Å². The Morgan fingerprint density at radius 1 is 1.50 bits per heavy atom. The fraction of sp³-hybridized carbons (Fsp3) is 0.417. The van der Waals surface area contributed by atoms with Crippen molar-refractivity contribution >= 4 is 27.4 Å². The van der Waals surface area contributed by atoms with Crippen molar-refractivity contribution in [1.29, 1.82) is 0 Å². The summed E-state index contributed by atoms with van der Waals surface area (Å²) in [5.41, 5.74) is -0.0564. The van der Waals surface area contributed by atoms with Crippen LogP contribution in [0.1, 0.15) is 11.9 Å². The van der Waals surface area contributed by atoms with Gasteiger partial charge in [-0.1, -0.05) is 0 Å². The summed E-state index contributed by atoms with van der Waals surface area (Å²) in [6, 6.07) is 1.30. The van der Waals surface area contributed by atoms with Gasteiger partial charge in [0.1, 0.15) is 24.4 Å². The molecule has 1 atom stereocenters. The third kappa shape index (κ3) is 2.66. The Balaban J connectivity index is 1.97. The van der Waals surface area contributed by atoms with Gasteiger partial charge in [-0.25, -0.2) is 9.97 Å². The smallest absolute Gasteiger partial charge is 0.288 e. The Bertz CT molecular complexity index is 706. The second-order valence-electron chi connectivity index (χ2n) is 4.78. The lowest BCUT2D eigenvalue weighted by Gasteiger charge is -2.36. The Morgan fingerprint density at radius 2 is 2.32 bits per heavy atom. The molecule has 3 heterocycles. The molecule has 0 spiro atoms. The molecule has 22 heavy (non-hydrogen) atoms. The van der Waals surface area contributed by atoms with Crippen LogP contribution in [0.3, 0.4) is 0 Å².